The maximum Gasteiger partial charge on any atom is 0.266 e. The normalized spacial score (nSPS) is 11.3. The molecule has 0 atom stereocenters. The molecular weight excluding hydrogens is 371 g/mol. The minimum Gasteiger partial charge on any atom is -0.289 e. The highest BCUT2D eigenvalue weighted by atomic mass is 19.3. The zero-order valence-corrected chi connectivity index (χ0v) is 14.3. The molecule has 0 saturated carbocycles. The number of hydrogen-bond acceptors (Lipinski definition) is 5. The number of Topliss-reactive ketones (excluding diaryl/α,β-unsaturated/α-hetero) is 1. The van der Waals surface area contributed by atoms with E-state index in [1.807, 2.05) is 0 Å². The average Bonchev–Trinajstić information content (AvgIpc) is 3.11. The van der Waals surface area contributed by atoms with Crippen LogP contribution in [0.4, 0.5) is 13.2 Å². The van der Waals surface area contributed by atoms with Crippen molar-refractivity contribution in [2.75, 3.05) is 0 Å². The number of rotatable bonds is 5. The second-order valence-electron chi connectivity index (χ2n) is 5.96. The third kappa shape index (κ3) is 3.34. The third-order valence-electron chi connectivity index (χ3n) is 4.17. The van der Waals surface area contributed by atoms with Gasteiger partial charge in [0, 0.05) is 24.2 Å². The zero-order chi connectivity index (χ0) is 19.7. The first-order chi connectivity index (χ1) is 13.5. The van der Waals surface area contributed by atoms with Crippen molar-refractivity contribution >= 4 is 16.8 Å². The van der Waals surface area contributed by atoms with Crippen LogP contribution in [0.5, 0.6) is 0 Å². The number of alkyl halides is 2. The van der Waals surface area contributed by atoms with Gasteiger partial charge in [-0.05, 0) is 29.8 Å². The highest BCUT2D eigenvalue weighted by Crippen LogP contribution is 2.29. The van der Waals surface area contributed by atoms with Crippen LogP contribution in [0.1, 0.15) is 22.6 Å². The molecule has 140 valence electrons. The van der Waals surface area contributed by atoms with E-state index in [9.17, 15) is 18.0 Å². The van der Waals surface area contributed by atoms with Gasteiger partial charge in [-0.1, -0.05) is 6.07 Å². The van der Waals surface area contributed by atoms with Crippen LogP contribution in [0.3, 0.4) is 0 Å². The van der Waals surface area contributed by atoms with Crippen LogP contribution in [0, 0.1) is 5.82 Å². The Kier molecular flexibility index (Phi) is 4.56. The third-order valence-corrected chi connectivity index (χ3v) is 4.17. The highest BCUT2D eigenvalue weighted by Gasteiger charge is 2.16. The van der Waals surface area contributed by atoms with E-state index < -0.39 is 17.8 Å². The first-order valence-electron chi connectivity index (χ1n) is 8.22. The number of carbonyl (C=O) groups is 1. The van der Waals surface area contributed by atoms with E-state index in [1.54, 1.807) is 12.1 Å². The molecule has 4 aromatic rings. The summed E-state index contributed by atoms with van der Waals surface area (Å²) in [6.45, 7) is -0.107. The maximum absolute atomic E-state index is 13.5. The summed E-state index contributed by atoms with van der Waals surface area (Å²) in [5.41, 5.74) is 1.27. The molecule has 3 aromatic heterocycles. The van der Waals surface area contributed by atoms with Gasteiger partial charge in [0.2, 0.25) is 5.78 Å². The van der Waals surface area contributed by atoms with E-state index in [1.165, 1.54) is 35.5 Å². The maximum atomic E-state index is 13.5. The Morgan fingerprint density at radius 1 is 1.04 bits per heavy atom. The van der Waals surface area contributed by atoms with Crippen LogP contribution in [0.25, 0.3) is 22.2 Å². The molecule has 28 heavy (non-hydrogen) atoms. The van der Waals surface area contributed by atoms with Crippen molar-refractivity contribution in [2.24, 2.45) is 0 Å². The van der Waals surface area contributed by atoms with Gasteiger partial charge in [-0.3, -0.25) is 14.5 Å². The number of nitrogens with zero attached hydrogens (tertiary/aromatic N) is 5. The van der Waals surface area contributed by atoms with Crippen LogP contribution in [0.2, 0.25) is 0 Å². The van der Waals surface area contributed by atoms with Crippen LogP contribution in [-0.4, -0.2) is 30.5 Å². The summed E-state index contributed by atoms with van der Waals surface area (Å²) < 4.78 is 40.9. The molecule has 0 bridgehead atoms. The predicted octanol–water partition coefficient (Wildman–Crippen LogP) is 3.85. The quantitative estimate of drug-likeness (QED) is 0.490. The Morgan fingerprint density at radius 3 is 2.57 bits per heavy atom. The van der Waals surface area contributed by atoms with E-state index in [2.05, 4.69) is 20.1 Å². The summed E-state index contributed by atoms with van der Waals surface area (Å²) >= 11 is 0. The summed E-state index contributed by atoms with van der Waals surface area (Å²) in [6.07, 6.45) is 2.99. The van der Waals surface area contributed by atoms with Crippen LogP contribution in [0.15, 0.2) is 55.1 Å². The lowest BCUT2D eigenvalue weighted by Gasteiger charge is -2.07. The van der Waals surface area contributed by atoms with E-state index in [0.717, 1.165) is 12.1 Å². The fraction of sp³-hybridized carbons (Fsp3) is 0.105. The Balaban J connectivity index is 1.71. The summed E-state index contributed by atoms with van der Waals surface area (Å²) in [5, 5.41) is 4.15. The molecule has 3 heterocycles. The minimum absolute atomic E-state index is 0.0652. The number of carbonyl (C=O) groups excluding carboxylic acids is 1. The lowest BCUT2D eigenvalue weighted by Crippen LogP contribution is -2.14. The minimum atomic E-state index is -2.93. The Bertz CT molecular complexity index is 1160. The average molecular weight is 383 g/mol. The van der Waals surface area contributed by atoms with Crippen molar-refractivity contribution in [3.05, 3.63) is 72.3 Å². The highest BCUT2D eigenvalue weighted by molar-refractivity contribution is 5.93. The number of pyridine rings is 1. The molecule has 0 aliphatic heterocycles. The molecule has 0 spiro atoms. The van der Waals surface area contributed by atoms with Crippen LogP contribution >= 0.6 is 0 Å². The molecule has 0 aliphatic rings. The van der Waals surface area contributed by atoms with E-state index in [-0.39, 0.29) is 18.2 Å². The predicted molar refractivity (Wildman–Crippen MR) is 94.2 cm³/mol. The van der Waals surface area contributed by atoms with Gasteiger partial charge in [-0.25, -0.2) is 23.1 Å². The van der Waals surface area contributed by atoms with E-state index >= 15 is 0 Å². The fourth-order valence-electron chi connectivity index (χ4n) is 2.78. The van der Waals surface area contributed by atoms with Crippen molar-refractivity contribution in [3.8, 4) is 11.1 Å². The smallest absolute Gasteiger partial charge is 0.266 e. The second kappa shape index (κ2) is 7.18. The number of hydrogen-bond donors (Lipinski definition) is 0. The molecule has 0 radical (unpaired) electrons. The number of halogens is 3. The van der Waals surface area contributed by atoms with E-state index in [4.69, 9.17) is 0 Å². The van der Waals surface area contributed by atoms with Crippen LogP contribution < -0.4 is 0 Å². The summed E-state index contributed by atoms with van der Waals surface area (Å²) in [7, 11) is 0. The zero-order valence-electron chi connectivity index (χ0n) is 14.3. The molecular formula is C19H12F3N5O. The number of fused-ring (bicyclic) bond motifs is 1. The largest absolute Gasteiger partial charge is 0.289 e. The van der Waals surface area contributed by atoms with Crippen molar-refractivity contribution in [1.82, 2.24) is 24.7 Å². The monoisotopic (exact) mass is 383 g/mol. The van der Waals surface area contributed by atoms with Crippen LogP contribution in [-0.2, 0) is 6.54 Å². The summed E-state index contributed by atoms with van der Waals surface area (Å²) in [5.74, 6) is -1.24. The molecule has 4 rings (SSSR count). The van der Waals surface area contributed by atoms with Gasteiger partial charge in [0.25, 0.3) is 6.43 Å². The molecule has 0 aliphatic carbocycles. The molecule has 0 N–H and O–H groups in total. The first kappa shape index (κ1) is 17.8. The van der Waals surface area contributed by atoms with E-state index in [0.29, 0.717) is 22.2 Å². The van der Waals surface area contributed by atoms with Gasteiger partial charge >= 0.3 is 0 Å². The van der Waals surface area contributed by atoms with Crippen molar-refractivity contribution in [2.45, 2.75) is 13.0 Å². The summed E-state index contributed by atoms with van der Waals surface area (Å²) in [4.78, 5) is 24.4. The molecule has 0 fully saturated rings. The standard InChI is InChI=1S/C19H12F3N5O/c20-14-3-2-11(6-13(14)18(21)22)12-7-16-15(25-8-12)9-26-27(16)10-17(28)19-23-4-1-5-24-19/h1-9,18H,10H2. The van der Waals surface area contributed by atoms with Gasteiger partial charge in [-0.2, -0.15) is 5.10 Å². The van der Waals surface area contributed by atoms with Crippen molar-refractivity contribution < 1.29 is 18.0 Å². The van der Waals surface area contributed by atoms with Gasteiger partial charge in [-0.15, -0.1) is 0 Å². The molecule has 9 heteroatoms. The van der Waals surface area contributed by atoms with Crippen molar-refractivity contribution in [3.63, 3.8) is 0 Å². The summed E-state index contributed by atoms with van der Waals surface area (Å²) in [6, 6.07) is 6.75. The molecule has 0 saturated heterocycles. The van der Waals surface area contributed by atoms with Gasteiger partial charge in [0.05, 0.1) is 17.3 Å². The fourth-order valence-corrected chi connectivity index (χ4v) is 2.78. The Labute approximate surface area is 156 Å². The molecule has 0 unspecified atom stereocenters. The van der Waals surface area contributed by atoms with Gasteiger partial charge in [0.15, 0.2) is 5.82 Å². The Morgan fingerprint density at radius 2 is 1.82 bits per heavy atom. The lowest BCUT2D eigenvalue weighted by molar-refractivity contribution is 0.0959. The second-order valence-corrected chi connectivity index (χ2v) is 5.96. The first-order valence-corrected chi connectivity index (χ1v) is 8.22. The molecule has 1 aromatic carbocycles. The lowest BCUT2D eigenvalue weighted by atomic mass is 10.0. The van der Waals surface area contributed by atoms with Gasteiger partial charge < -0.3 is 0 Å². The Hall–Kier alpha value is -3.62. The topological polar surface area (TPSA) is 73.6 Å². The molecule has 0 amide bonds. The molecule has 6 nitrogen and oxygen atoms in total. The van der Waals surface area contributed by atoms with Gasteiger partial charge in [0.1, 0.15) is 17.9 Å². The number of ketones is 1. The van der Waals surface area contributed by atoms with Crippen molar-refractivity contribution in [1.29, 1.82) is 0 Å². The number of benzene rings is 1. The number of aromatic nitrogens is 5. The SMILES string of the molecule is O=C(Cn1ncc2ncc(-c3ccc(F)c(C(F)F)c3)cc21)c1ncccn1.